The molecule has 0 spiro atoms. The predicted octanol–water partition coefficient (Wildman–Crippen LogP) is 6.49. The molecule has 0 bridgehead atoms. The summed E-state index contributed by atoms with van der Waals surface area (Å²) in [5, 5.41) is 19.1. The molecule has 0 saturated heterocycles. The zero-order chi connectivity index (χ0) is 22.3. The van der Waals surface area contributed by atoms with Crippen LogP contribution < -0.4 is 0 Å². The summed E-state index contributed by atoms with van der Waals surface area (Å²) in [6.45, 7) is 1.49. The highest BCUT2D eigenvalue weighted by Gasteiger charge is 2.40. The number of hydrogen-bond acceptors (Lipinski definition) is 2. The highest BCUT2D eigenvalue weighted by molar-refractivity contribution is 5.53. The standard InChI is InChI=1S/C22H16F6O2/c1-20(13-2-6-18(29)7-3-13,14-4-8-19(30)9-5-14)15-10-16(21(23,24)25)12-17(11-15)22(26,27)28/h2-12,29-30H,1H3. The number of phenolic OH excluding ortho intramolecular Hbond substituents is 2. The van der Waals surface area contributed by atoms with Crippen LogP contribution in [0.25, 0.3) is 0 Å². The lowest BCUT2D eigenvalue weighted by molar-refractivity contribution is -0.143. The summed E-state index contributed by atoms with van der Waals surface area (Å²) in [5.74, 6) is -0.210. The van der Waals surface area contributed by atoms with Crippen LogP contribution in [0.3, 0.4) is 0 Å². The predicted molar refractivity (Wildman–Crippen MR) is 98.2 cm³/mol. The lowest BCUT2D eigenvalue weighted by Crippen LogP contribution is -2.27. The normalized spacial score (nSPS) is 12.8. The van der Waals surface area contributed by atoms with E-state index in [9.17, 15) is 36.6 Å². The third-order valence-corrected chi connectivity index (χ3v) is 5.05. The maximum atomic E-state index is 13.4. The van der Waals surface area contributed by atoms with Crippen molar-refractivity contribution >= 4 is 0 Å². The van der Waals surface area contributed by atoms with Gasteiger partial charge in [0.25, 0.3) is 0 Å². The average molecular weight is 426 g/mol. The summed E-state index contributed by atoms with van der Waals surface area (Å²) in [4.78, 5) is 0. The zero-order valence-corrected chi connectivity index (χ0v) is 15.5. The van der Waals surface area contributed by atoms with E-state index in [2.05, 4.69) is 0 Å². The van der Waals surface area contributed by atoms with Crippen LogP contribution >= 0.6 is 0 Å². The molecule has 0 aliphatic carbocycles. The molecule has 0 aromatic heterocycles. The Labute approximate surface area is 168 Å². The second-order valence-electron chi connectivity index (χ2n) is 7.01. The Bertz CT molecular complexity index is 957. The molecule has 30 heavy (non-hydrogen) atoms. The van der Waals surface area contributed by atoms with Crippen LogP contribution in [0.5, 0.6) is 11.5 Å². The largest absolute Gasteiger partial charge is 0.508 e. The van der Waals surface area contributed by atoms with Crippen molar-refractivity contribution in [1.82, 2.24) is 0 Å². The summed E-state index contributed by atoms with van der Waals surface area (Å²) < 4.78 is 80.4. The number of hydrogen-bond donors (Lipinski definition) is 2. The summed E-state index contributed by atoms with van der Waals surface area (Å²) in [6, 6.07) is 12.4. The molecule has 0 fully saturated rings. The molecule has 8 heteroatoms. The van der Waals surface area contributed by atoms with Crippen molar-refractivity contribution in [2.45, 2.75) is 24.7 Å². The maximum absolute atomic E-state index is 13.4. The van der Waals surface area contributed by atoms with Gasteiger partial charge in [-0.05, 0) is 66.1 Å². The van der Waals surface area contributed by atoms with Crippen molar-refractivity contribution < 1.29 is 36.6 Å². The van der Waals surface area contributed by atoms with E-state index in [1.165, 1.54) is 55.5 Å². The van der Waals surface area contributed by atoms with E-state index in [1.54, 1.807) is 0 Å². The fourth-order valence-corrected chi connectivity index (χ4v) is 3.33. The third kappa shape index (κ3) is 4.08. The second kappa shape index (κ2) is 7.27. The van der Waals surface area contributed by atoms with Gasteiger partial charge in [-0.3, -0.25) is 0 Å². The second-order valence-corrected chi connectivity index (χ2v) is 7.01. The van der Waals surface area contributed by atoms with Gasteiger partial charge in [-0.2, -0.15) is 26.3 Å². The van der Waals surface area contributed by atoms with Crippen molar-refractivity contribution in [1.29, 1.82) is 0 Å². The number of alkyl halides is 6. The van der Waals surface area contributed by atoms with Crippen molar-refractivity contribution in [3.8, 4) is 11.5 Å². The van der Waals surface area contributed by atoms with Crippen LogP contribution in [0.2, 0.25) is 0 Å². The Morgan fingerprint density at radius 1 is 0.500 bits per heavy atom. The van der Waals surface area contributed by atoms with Crippen molar-refractivity contribution in [2.24, 2.45) is 0 Å². The third-order valence-electron chi connectivity index (χ3n) is 5.05. The summed E-state index contributed by atoms with van der Waals surface area (Å²) in [5.41, 5.74) is -3.80. The van der Waals surface area contributed by atoms with Crippen molar-refractivity contribution in [2.75, 3.05) is 0 Å². The monoisotopic (exact) mass is 426 g/mol. The van der Waals surface area contributed by atoms with Crippen LogP contribution in [0.1, 0.15) is 34.7 Å². The first-order valence-electron chi connectivity index (χ1n) is 8.71. The number of phenols is 2. The average Bonchev–Trinajstić information content (AvgIpc) is 2.67. The van der Waals surface area contributed by atoms with E-state index < -0.39 is 28.9 Å². The number of aromatic hydroxyl groups is 2. The molecule has 158 valence electrons. The van der Waals surface area contributed by atoms with Gasteiger partial charge in [0, 0.05) is 5.41 Å². The minimum Gasteiger partial charge on any atom is -0.508 e. The Morgan fingerprint density at radius 3 is 1.10 bits per heavy atom. The van der Waals surface area contributed by atoms with Gasteiger partial charge in [0.1, 0.15) is 11.5 Å². The van der Waals surface area contributed by atoms with Gasteiger partial charge in [0.15, 0.2) is 0 Å². The number of halogens is 6. The molecule has 0 amide bonds. The SMILES string of the molecule is CC(c1ccc(O)cc1)(c1ccc(O)cc1)c1cc(C(F)(F)F)cc(C(F)(F)F)c1. The number of rotatable bonds is 3. The molecule has 0 saturated carbocycles. The molecule has 3 rings (SSSR count). The van der Waals surface area contributed by atoms with Crippen LogP contribution in [0.15, 0.2) is 66.7 Å². The molecular weight excluding hydrogens is 410 g/mol. The molecule has 3 aromatic rings. The van der Waals surface area contributed by atoms with Crippen LogP contribution in [0.4, 0.5) is 26.3 Å². The molecule has 0 aliphatic heterocycles. The number of benzene rings is 3. The molecule has 3 aromatic carbocycles. The lowest BCUT2D eigenvalue weighted by atomic mass is 9.70. The molecule has 0 atom stereocenters. The van der Waals surface area contributed by atoms with E-state index in [0.29, 0.717) is 23.3 Å². The van der Waals surface area contributed by atoms with Gasteiger partial charge in [0.2, 0.25) is 0 Å². The highest BCUT2D eigenvalue weighted by atomic mass is 19.4. The summed E-state index contributed by atoms with van der Waals surface area (Å²) in [6.07, 6.45) is -9.97. The molecule has 2 nitrogen and oxygen atoms in total. The Morgan fingerprint density at radius 2 is 0.800 bits per heavy atom. The Kier molecular flexibility index (Phi) is 5.22. The fourth-order valence-electron chi connectivity index (χ4n) is 3.33. The first-order valence-corrected chi connectivity index (χ1v) is 8.71. The van der Waals surface area contributed by atoms with Gasteiger partial charge < -0.3 is 10.2 Å². The van der Waals surface area contributed by atoms with E-state index in [4.69, 9.17) is 0 Å². The summed E-state index contributed by atoms with van der Waals surface area (Å²) in [7, 11) is 0. The smallest absolute Gasteiger partial charge is 0.416 e. The van der Waals surface area contributed by atoms with E-state index in [-0.39, 0.29) is 23.1 Å². The van der Waals surface area contributed by atoms with E-state index in [1.807, 2.05) is 0 Å². The molecular formula is C22H16F6O2. The summed E-state index contributed by atoms with van der Waals surface area (Å²) >= 11 is 0. The first kappa shape index (κ1) is 21.5. The minimum absolute atomic E-state index is 0.0809. The van der Waals surface area contributed by atoms with Gasteiger partial charge >= 0.3 is 12.4 Å². The van der Waals surface area contributed by atoms with E-state index >= 15 is 0 Å². The van der Waals surface area contributed by atoms with Crippen LogP contribution in [-0.2, 0) is 17.8 Å². The zero-order valence-electron chi connectivity index (χ0n) is 15.5. The molecule has 0 radical (unpaired) electrons. The molecule has 0 unspecified atom stereocenters. The van der Waals surface area contributed by atoms with Crippen molar-refractivity contribution in [3.05, 3.63) is 94.5 Å². The van der Waals surface area contributed by atoms with E-state index in [0.717, 1.165) is 0 Å². The van der Waals surface area contributed by atoms with Gasteiger partial charge in [0.05, 0.1) is 11.1 Å². The quantitative estimate of drug-likeness (QED) is 0.371. The molecule has 2 N–H and O–H groups in total. The maximum Gasteiger partial charge on any atom is 0.416 e. The lowest BCUT2D eigenvalue weighted by Gasteiger charge is -2.33. The topological polar surface area (TPSA) is 40.5 Å². The van der Waals surface area contributed by atoms with Gasteiger partial charge in [-0.1, -0.05) is 24.3 Å². The Balaban J connectivity index is 2.36. The van der Waals surface area contributed by atoms with Crippen molar-refractivity contribution in [3.63, 3.8) is 0 Å². The first-order chi connectivity index (χ1) is 13.8. The minimum atomic E-state index is -4.99. The van der Waals surface area contributed by atoms with Crippen LogP contribution in [-0.4, -0.2) is 10.2 Å². The van der Waals surface area contributed by atoms with Gasteiger partial charge in [-0.25, -0.2) is 0 Å². The Hall–Kier alpha value is -3.16. The van der Waals surface area contributed by atoms with Crippen LogP contribution in [0, 0.1) is 0 Å². The fraction of sp³-hybridized carbons (Fsp3) is 0.182. The highest BCUT2D eigenvalue weighted by Crippen LogP contribution is 2.44. The molecule has 0 aliphatic rings. The van der Waals surface area contributed by atoms with Gasteiger partial charge in [-0.15, -0.1) is 0 Å². The molecule has 0 heterocycles.